The average Bonchev–Trinajstić information content (AvgIpc) is 2.97. The van der Waals surface area contributed by atoms with Gasteiger partial charge < -0.3 is 19.3 Å². The number of rotatable bonds is 4. The Labute approximate surface area is 182 Å². The first-order chi connectivity index (χ1) is 14.8. The number of aromatic nitrogens is 2. The fraction of sp³-hybridized carbons (Fsp3) is 0.720. The quantitative estimate of drug-likeness (QED) is 0.700. The van der Waals surface area contributed by atoms with Crippen LogP contribution >= 0.6 is 0 Å². The molecule has 5 nitrogen and oxygen atoms in total. The van der Waals surface area contributed by atoms with Crippen LogP contribution in [-0.4, -0.2) is 72.2 Å². The molecular formula is C25H39N5. The second-order valence-corrected chi connectivity index (χ2v) is 9.95. The van der Waals surface area contributed by atoms with Crippen LogP contribution < -0.4 is 4.90 Å². The molecule has 0 N–H and O–H groups in total. The fourth-order valence-electron chi connectivity index (χ4n) is 5.89. The SMILES string of the molecule is CN1CCN(c2nc3ccccc3n2C2CCN(CC3CCCCCC3)CC2)CC1. The Hall–Kier alpha value is -1.59. The van der Waals surface area contributed by atoms with Crippen LogP contribution in [0, 0.1) is 5.92 Å². The molecule has 5 heteroatoms. The van der Waals surface area contributed by atoms with Gasteiger partial charge >= 0.3 is 0 Å². The lowest BCUT2D eigenvalue weighted by atomic mass is 9.97. The van der Waals surface area contributed by atoms with Gasteiger partial charge in [0.25, 0.3) is 0 Å². The average molecular weight is 410 g/mol. The summed E-state index contributed by atoms with van der Waals surface area (Å²) in [5.74, 6) is 2.16. The van der Waals surface area contributed by atoms with Crippen molar-refractivity contribution < 1.29 is 0 Å². The third-order valence-electron chi connectivity index (χ3n) is 7.78. The van der Waals surface area contributed by atoms with Crippen molar-refractivity contribution in [3.63, 3.8) is 0 Å². The van der Waals surface area contributed by atoms with E-state index in [-0.39, 0.29) is 0 Å². The van der Waals surface area contributed by atoms with Gasteiger partial charge in [0, 0.05) is 51.9 Å². The van der Waals surface area contributed by atoms with Gasteiger partial charge in [-0.1, -0.05) is 37.8 Å². The summed E-state index contributed by atoms with van der Waals surface area (Å²) < 4.78 is 2.60. The molecule has 3 aliphatic rings. The maximum absolute atomic E-state index is 5.12. The molecule has 0 amide bonds. The second-order valence-electron chi connectivity index (χ2n) is 9.95. The zero-order valence-corrected chi connectivity index (χ0v) is 18.8. The number of piperidine rings is 1. The van der Waals surface area contributed by atoms with Crippen molar-refractivity contribution >= 4 is 17.0 Å². The molecule has 1 saturated carbocycles. The first-order valence-corrected chi connectivity index (χ1v) is 12.4. The smallest absolute Gasteiger partial charge is 0.206 e. The summed E-state index contributed by atoms with van der Waals surface area (Å²) >= 11 is 0. The van der Waals surface area contributed by atoms with Gasteiger partial charge in [-0.3, -0.25) is 0 Å². The van der Waals surface area contributed by atoms with E-state index in [0.717, 1.165) is 37.6 Å². The molecular weight excluding hydrogens is 370 g/mol. The minimum absolute atomic E-state index is 0.581. The number of nitrogens with zero attached hydrogens (tertiary/aromatic N) is 5. The van der Waals surface area contributed by atoms with E-state index in [9.17, 15) is 0 Å². The van der Waals surface area contributed by atoms with Crippen molar-refractivity contribution in [1.82, 2.24) is 19.4 Å². The van der Waals surface area contributed by atoms with Crippen LogP contribution in [0.3, 0.4) is 0 Å². The number of hydrogen-bond acceptors (Lipinski definition) is 4. The van der Waals surface area contributed by atoms with Crippen LogP contribution in [0.5, 0.6) is 0 Å². The number of piperazine rings is 1. The number of benzene rings is 1. The summed E-state index contributed by atoms with van der Waals surface area (Å²) in [7, 11) is 2.23. The number of para-hydroxylation sites is 2. The first kappa shape index (κ1) is 20.3. The van der Waals surface area contributed by atoms with Gasteiger partial charge in [-0.2, -0.15) is 0 Å². The summed E-state index contributed by atoms with van der Waals surface area (Å²) in [6, 6.07) is 9.35. The van der Waals surface area contributed by atoms with Gasteiger partial charge in [-0.25, -0.2) is 4.98 Å². The molecule has 0 radical (unpaired) electrons. The highest BCUT2D eigenvalue weighted by atomic mass is 15.4. The molecule has 0 spiro atoms. The number of hydrogen-bond donors (Lipinski definition) is 0. The standard InChI is InChI=1S/C25H39N5/c1-27-16-18-29(19-17-27)25-26-23-10-6-7-11-24(23)30(25)22-12-14-28(15-13-22)20-21-8-4-2-3-5-9-21/h6-7,10-11,21-22H,2-5,8-9,12-20H2,1H3. The Morgan fingerprint density at radius 1 is 0.833 bits per heavy atom. The van der Waals surface area contributed by atoms with Gasteiger partial charge in [0.2, 0.25) is 5.95 Å². The van der Waals surface area contributed by atoms with Crippen LogP contribution in [0.2, 0.25) is 0 Å². The summed E-state index contributed by atoms with van der Waals surface area (Å²) in [5.41, 5.74) is 2.49. The van der Waals surface area contributed by atoms with Crippen molar-refractivity contribution in [2.45, 2.75) is 57.4 Å². The monoisotopic (exact) mass is 409 g/mol. The molecule has 0 unspecified atom stereocenters. The number of fused-ring (bicyclic) bond motifs is 1. The van der Waals surface area contributed by atoms with E-state index in [1.165, 1.54) is 82.5 Å². The van der Waals surface area contributed by atoms with Crippen molar-refractivity contribution in [1.29, 1.82) is 0 Å². The van der Waals surface area contributed by atoms with Crippen LogP contribution in [-0.2, 0) is 0 Å². The Balaban J connectivity index is 1.30. The molecule has 0 bridgehead atoms. The zero-order chi connectivity index (χ0) is 20.3. The van der Waals surface area contributed by atoms with Gasteiger partial charge in [0.1, 0.15) is 0 Å². The Bertz CT molecular complexity index is 806. The molecule has 1 aromatic carbocycles. The summed E-state index contributed by atoms with van der Waals surface area (Å²) in [4.78, 5) is 12.8. The molecule has 164 valence electrons. The molecule has 1 aliphatic carbocycles. The van der Waals surface area contributed by atoms with E-state index < -0.39 is 0 Å². The van der Waals surface area contributed by atoms with Gasteiger partial charge in [-0.05, 0) is 50.8 Å². The van der Waals surface area contributed by atoms with E-state index in [1.807, 2.05) is 0 Å². The Morgan fingerprint density at radius 3 is 2.27 bits per heavy atom. The topological polar surface area (TPSA) is 27.5 Å². The largest absolute Gasteiger partial charge is 0.340 e. The number of anilines is 1. The minimum Gasteiger partial charge on any atom is -0.340 e. The first-order valence-electron chi connectivity index (χ1n) is 12.4. The summed E-state index contributed by atoms with van der Waals surface area (Å²) in [6.07, 6.45) is 11.3. The van der Waals surface area contributed by atoms with Crippen LogP contribution in [0.15, 0.2) is 24.3 Å². The van der Waals surface area contributed by atoms with Crippen molar-refractivity contribution in [2.24, 2.45) is 5.92 Å². The zero-order valence-electron chi connectivity index (χ0n) is 18.8. The number of imidazole rings is 1. The molecule has 2 saturated heterocycles. The third kappa shape index (κ3) is 4.38. The molecule has 1 aromatic heterocycles. The maximum Gasteiger partial charge on any atom is 0.206 e. The predicted molar refractivity (Wildman–Crippen MR) is 125 cm³/mol. The number of likely N-dealkylation sites (tertiary alicyclic amines) is 1. The molecule has 0 atom stereocenters. The third-order valence-corrected chi connectivity index (χ3v) is 7.78. The van der Waals surface area contributed by atoms with Crippen molar-refractivity contribution in [3.8, 4) is 0 Å². The molecule has 3 heterocycles. The van der Waals surface area contributed by atoms with Gasteiger partial charge in [0.15, 0.2) is 0 Å². The second kappa shape index (κ2) is 9.27. The normalized spacial score (nSPS) is 23.8. The number of likely N-dealkylation sites (N-methyl/N-ethyl adjacent to an activating group) is 1. The minimum atomic E-state index is 0.581. The maximum atomic E-state index is 5.12. The van der Waals surface area contributed by atoms with Crippen LogP contribution in [0.1, 0.15) is 57.4 Å². The highest BCUT2D eigenvalue weighted by Gasteiger charge is 2.28. The molecule has 2 aromatic rings. The van der Waals surface area contributed by atoms with E-state index >= 15 is 0 Å². The summed E-state index contributed by atoms with van der Waals surface area (Å²) in [6.45, 7) is 8.25. The molecule has 3 fully saturated rings. The van der Waals surface area contributed by atoms with E-state index in [0.29, 0.717) is 6.04 Å². The van der Waals surface area contributed by atoms with Gasteiger partial charge in [-0.15, -0.1) is 0 Å². The lowest BCUT2D eigenvalue weighted by Gasteiger charge is -2.38. The van der Waals surface area contributed by atoms with E-state index in [1.54, 1.807) is 0 Å². The van der Waals surface area contributed by atoms with E-state index in [4.69, 9.17) is 4.98 Å². The molecule has 30 heavy (non-hydrogen) atoms. The highest BCUT2D eigenvalue weighted by Crippen LogP contribution is 2.34. The fourth-order valence-corrected chi connectivity index (χ4v) is 5.89. The van der Waals surface area contributed by atoms with Crippen molar-refractivity contribution in [3.05, 3.63) is 24.3 Å². The molecule has 2 aliphatic heterocycles. The van der Waals surface area contributed by atoms with Crippen LogP contribution in [0.4, 0.5) is 5.95 Å². The van der Waals surface area contributed by atoms with Crippen molar-refractivity contribution in [2.75, 3.05) is 57.8 Å². The highest BCUT2D eigenvalue weighted by molar-refractivity contribution is 5.79. The predicted octanol–water partition coefficient (Wildman–Crippen LogP) is 4.40. The Morgan fingerprint density at radius 2 is 1.53 bits per heavy atom. The van der Waals surface area contributed by atoms with Gasteiger partial charge in [0.05, 0.1) is 11.0 Å². The molecule has 5 rings (SSSR count). The Kier molecular flexibility index (Phi) is 6.28. The lowest BCUT2D eigenvalue weighted by molar-refractivity contribution is 0.158. The van der Waals surface area contributed by atoms with E-state index in [2.05, 4.69) is 50.6 Å². The lowest BCUT2D eigenvalue weighted by Crippen LogP contribution is -2.46. The summed E-state index contributed by atoms with van der Waals surface area (Å²) in [5, 5.41) is 0. The van der Waals surface area contributed by atoms with Crippen LogP contribution in [0.25, 0.3) is 11.0 Å².